The number of likely N-dealkylation sites (tertiary alicyclic amines) is 1. The summed E-state index contributed by atoms with van der Waals surface area (Å²) in [7, 11) is 3.92. The predicted molar refractivity (Wildman–Crippen MR) is 146 cm³/mol. The van der Waals surface area contributed by atoms with Crippen LogP contribution in [0.4, 0.5) is 0 Å². The number of ketones is 1. The van der Waals surface area contributed by atoms with E-state index in [4.69, 9.17) is 16.3 Å². The van der Waals surface area contributed by atoms with Gasteiger partial charge in [0.1, 0.15) is 18.1 Å². The third kappa shape index (κ3) is 6.04. The Kier molecular flexibility index (Phi) is 8.31. The van der Waals surface area contributed by atoms with Gasteiger partial charge in [0.25, 0.3) is 11.7 Å². The number of nitrogens with zero attached hydrogens (tertiary/aromatic N) is 2. The smallest absolute Gasteiger partial charge is 0.295 e. The number of hydrogen-bond acceptors (Lipinski definition) is 5. The van der Waals surface area contributed by atoms with Gasteiger partial charge in [-0.2, -0.15) is 0 Å². The van der Waals surface area contributed by atoms with Crippen molar-refractivity contribution in [2.45, 2.75) is 26.0 Å². The molecule has 0 saturated carbocycles. The van der Waals surface area contributed by atoms with Crippen LogP contribution in [0.15, 0.2) is 78.4 Å². The van der Waals surface area contributed by atoms with E-state index in [1.54, 1.807) is 41.3 Å². The molecular weight excluding hydrogens is 488 g/mol. The zero-order chi connectivity index (χ0) is 26.5. The van der Waals surface area contributed by atoms with E-state index in [1.165, 1.54) is 0 Å². The highest BCUT2D eigenvalue weighted by atomic mass is 35.5. The maximum atomic E-state index is 13.2. The summed E-state index contributed by atoms with van der Waals surface area (Å²) < 4.78 is 5.91. The Morgan fingerprint density at radius 2 is 1.73 bits per heavy atom. The Hall–Kier alpha value is -3.61. The standard InChI is InChI=1S/C30H31ClN2O4/c1-20-18-24(37-19-21-8-5-4-6-9-21)14-15-25(20)28(34)26-27(22-10-12-23(31)13-11-22)33(30(36)29(26)35)17-7-16-32(2)3/h4-6,8-15,18,27,34H,7,16-17,19H2,1-3H3/b28-26+/t27-/m1/s1. The van der Waals surface area contributed by atoms with E-state index < -0.39 is 17.7 Å². The quantitative estimate of drug-likeness (QED) is 0.227. The van der Waals surface area contributed by atoms with Crippen LogP contribution in [0.25, 0.3) is 5.76 Å². The van der Waals surface area contributed by atoms with E-state index in [9.17, 15) is 14.7 Å². The number of aliphatic hydroxyl groups is 1. The average molecular weight is 519 g/mol. The molecule has 1 aliphatic rings. The molecule has 3 aromatic carbocycles. The summed E-state index contributed by atoms with van der Waals surface area (Å²) in [4.78, 5) is 29.9. The Balaban J connectivity index is 1.68. The molecule has 192 valence electrons. The monoisotopic (exact) mass is 518 g/mol. The molecule has 3 aromatic rings. The summed E-state index contributed by atoms with van der Waals surface area (Å²) in [6.45, 7) is 3.41. The van der Waals surface area contributed by atoms with Crippen LogP contribution >= 0.6 is 11.6 Å². The van der Waals surface area contributed by atoms with Crippen LogP contribution in [-0.4, -0.2) is 53.8 Å². The number of aryl methyl sites for hydroxylation is 1. The number of benzene rings is 3. The number of carbonyl (C=O) groups is 2. The lowest BCUT2D eigenvalue weighted by Crippen LogP contribution is -2.32. The van der Waals surface area contributed by atoms with Crippen LogP contribution in [0.1, 0.15) is 34.7 Å². The normalized spacial score (nSPS) is 17.0. The van der Waals surface area contributed by atoms with Gasteiger partial charge < -0.3 is 19.6 Å². The Bertz CT molecular complexity index is 1300. The van der Waals surface area contributed by atoms with Crippen LogP contribution in [0, 0.1) is 6.92 Å². The summed E-state index contributed by atoms with van der Waals surface area (Å²) in [6, 6.07) is 21.5. The maximum Gasteiger partial charge on any atom is 0.295 e. The highest BCUT2D eigenvalue weighted by Crippen LogP contribution is 2.40. The number of carbonyl (C=O) groups excluding carboxylic acids is 2. The van der Waals surface area contributed by atoms with Gasteiger partial charge in [0.2, 0.25) is 0 Å². The molecule has 0 aromatic heterocycles. The van der Waals surface area contributed by atoms with E-state index in [0.717, 1.165) is 23.2 Å². The van der Waals surface area contributed by atoms with Crippen molar-refractivity contribution in [2.75, 3.05) is 27.2 Å². The Morgan fingerprint density at radius 1 is 1.03 bits per heavy atom. The third-order valence-corrected chi connectivity index (χ3v) is 6.68. The molecule has 1 fully saturated rings. The van der Waals surface area contributed by atoms with E-state index in [2.05, 4.69) is 0 Å². The number of halogens is 1. The topological polar surface area (TPSA) is 70.1 Å². The molecule has 0 unspecified atom stereocenters. The SMILES string of the molecule is Cc1cc(OCc2ccccc2)ccc1/C(O)=C1\C(=O)C(=O)N(CCCN(C)C)[C@@H]1c1ccc(Cl)cc1. The van der Waals surface area contributed by atoms with Gasteiger partial charge >= 0.3 is 0 Å². The van der Waals surface area contributed by atoms with Gasteiger partial charge in [-0.05, 0) is 81.0 Å². The second kappa shape index (κ2) is 11.6. The Morgan fingerprint density at radius 3 is 2.38 bits per heavy atom. The van der Waals surface area contributed by atoms with Crippen LogP contribution in [0.2, 0.25) is 5.02 Å². The average Bonchev–Trinajstić information content (AvgIpc) is 3.13. The molecular formula is C30H31ClN2O4. The summed E-state index contributed by atoms with van der Waals surface area (Å²) in [5.74, 6) is -0.844. The highest BCUT2D eigenvalue weighted by molar-refractivity contribution is 6.46. The van der Waals surface area contributed by atoms with Crippen LogP contribution in [-0.2, 0) is 16.2 Å². The largest absolute Gasteiger partial charge is 0.507 e. The van der Waals surface area contributed by atoms with Crippen LogP contribution in [0.3, 0.4) is 0 Å². The summed E-state index contributed by atoms with van der Waals surface area (Å²) in [5.41, 5.74) is 3.06. The lowest BCUT2D eigenvalue weighted by atomic mass is 9.94. The summed E-state index contributed by atoms with van der Waals surface area (Å²) >= 11 is 6.10. The molecule has 0 aliphatic carbocycles. The van der Waals surface area contributed by atoms with Crippen LogP contribution in [0.5, 0.6) is 5.75 Å². The number of amides is 1. The van der Waals surface area contributed by atoms with Gasteiger partial charge in [0, 0.05) is 17.1 Å². The third-order valence-electron chi connectivity index (χ3n) is 6.43. The summed E-state index contributed by atoms with van der Waals surface area (Å²) in [5, 5.41) is 12.0. The molecule has 1 N–H and O–H groups in total. The van der Waals surface area contributed by atoms with E-state index >= 15 is 0 Å². The molecule has 1 saturated heterocycles. The minimum Gasteiger partial charge on any atom is -0.507 e. The zero-order valence-corrected chi connectivity index (χ0v) is 22.0. The molecule has 1 aliphatic heterocycles. The lowest BCUT2D eigenvalue weighted by molar-refractivity contribution is -0.139. The fourth-order valence-electron chi connectivity index (χ4n) is 4.54. The highest BCUT2D eigenvalue weighted by Gasteiger charge is 2.45. The molecule has 0 radical (unpaired) electrons. The van der Waals surface area contributed by atoms with E-state index in [-0.39, 0.29) is 11.3 Å². The van der Waals surface area contributed by atoms with Crippen molar-refractivity contribution in [2.24, 2.45) is 0 Å². The number of rotatable bonds is 9. The van der Waals surface area contributed by atoms with Gasteiger partial charge in [0.05, 0.1) is 11.6 Å². The van der Waals surface area contributed by atoms with E-state index in [0.29, 0.717) is 35.9 Å². The first kappa shape index (κ1) is 26.5. The first-order chi connectivity index (χ1) is 17.8. The summed E-state index contributed by atoms with van der Waals surface area (Å²) in [6.07, 6.45) is 0.691. The molecule has 6 nitrogen and oxygen atoms in total. The zero-order valence-electron chi connectivity index (χ0n) is 21.3. The van der Waals surface area contributed by atoms with Gasteiger partial charge in [-0.1, -0.05) is 54.1 Å². The van der Waals surface area contributed by atoms with Crippen molar-refractivity contribution in [1.29, 1.82) is 0 Å². The van der Waals surface area contributed by atoms with Crippen molar-refractivity contribution in [3.63, 3.8) is 0 Å². The molecule has 1 atom stereocenters. The van der Waals surface area contributed by atoms with Crippen molar-refractivity contribution < 1.29 is 19.4 Å². The number of hydrogen-bond donors (Lipinski definition) is 1. The molecule has 1 heterocycles. The minimum absolute atomic E-state index is 0.0817. The van der Waals surface area contributed by atoms with E-state index in [1.807, 2.05) is 62.3 Å². The van der Waals surface area contributed by atoms with Crippen molar-refractivity contribution in [3.05, 3.63) is 106 Å². The number of ether oxygens (including phenoxy) is 1. The second-order valence-corrected chi connectivity index (χ2v) is 9.89. The lowest BCUT2D eigenvalue weighted by Gasteiger charge is -2.26. The molecule has 0 spiro atoms. The van der Waals surface area contributed by atoms with Gasteiger partial charge in [-0.25, -0.2) is 0 Å². The van der Waals surface area contributed by atoms with Gasteiger partial charge in [-0.3, -0.25) is 9.59 Å². The fourth-order valence-corrected chi connectivity index (χ4v) is 4.66. The van der Waals surface area contributed by atoms with Crippen molar-refractivity contribution >= 4 is 29.1 Å². The molecule has 7 heteroatoms. The predicted octanol–water partition coefficient (Wildman–Crippen LogP) is 5.60. The maximum absolute atomic E-state index is 13.2. The van der Waals surface area contributed by atoms with Crippen LogP contribution < -0.4 is 4.74 Å². The van der Waals surface area contributed by atoms with Gasteiger partial charge in [-0.15, -0.1) is 0 Å². The molecule has 37 heavy (non-hydrogen) atoms. The number of aliphatic hydroxyl groups excluding tert-OH is 1. The molecule has 0 bridgehead atoms. The van der Waals surface area contributed by atoms with Crippen molar-refractivity contribution in [3.8, 4) is 5.75 Å². The number of Topliss-reactive ketones (excluding diaryl/α,β-unsaturated/α-hetero) is 1. The Labute approximate surface area is 222 Å². The first-order valence-corrected chi connectivity index (χ1v) is 12.6. The molecule has 1 amide bonds. The second-order valence-electron chi connectivity index (χ2n) is 9.45. The molecule has 4 rings (SSSR count). The van der Waals surface area contributed by atoms with Gasteiger partial charge in [0.15, 0.2) is 0 Å². The van der Waals surface area contributed by atoms with Crippen molar-refractivity contribution in [1.82, 2.24) is 9.80 Å². The fraction of sp³-hybridized carbons (Fsp3) is 0.267. The first-order valence-electron chi connectivity index (χ1n) is 12.2. The minimum atomic E-state index is -0.701.